The van der Waals surface area contributed by atoms with Crippen LogP contribution >= 0.6 is 11.3 Å². The fourth-order valence-electron chi connectivity index (χ4n) is 3.16. The molecule has 1 aliphatic heterocycles. The Morgan fingerprint density at radius 3 is 2.68 bits per heavy atom. The molecule has 1 fully saturated rings. The number of benzene rings is 1. The molecular weight excluding hydrogens is 332 g/mol. The van der Waals surface area contributed by atoms with Crippen LogP contribution in [0.3, 0.4) is 0 Å². The molecule has 1 aliphatic rings. The Hall–Kier alpha value is -2.47. The van der Waals surface area contributed by atoms with Crippen molar-refractivity contribution >= 4 is 33.4 Å². The van der Waals surface area contributed by atoms with E-state index in [1.807, 2.05) is 34.5 Å². The molecule has 2 aromatic heterocycles. The Labute approximate surface area is 150 Å². The van der Waals surface area contributed by atoms with Crippen LogP contribution in [0.1, 0.15) is 41.9 Å². The third-order valence-electron chi connectivity index (χ3n) is 4.54. The molecule has 0 spiro atoms. The highest BCUT2D eigenvalue weighted by molar-refractivity contribution is 7.17. The Balaban J connectivity index is 1.67. The number of carbonyl (C=O) groups excluding carboxylic acids is 1. The average molecular weight is 352 g/mol. The standard InChI is InChI=1S/C19H20N4OS/c1-13(14-7-3-2-4-8-14)20-19-21-15-9-12-25-17(15)16(22-19)18(24)23-10-5-6-11-23/h2-4,7-9,12-13H,5-6,10-11H2,1H3,(H,20,21,22). The van der Waals surface area contributed by atoms with Crippen LogP contribution in [0.4, 0.5) is 5.95 Å². The minimum absolute atomic E-state index is 0.0164. The molecule has 3 heterocycles. The Morgan fingerprint density at radius 2 is 1.92 bits per heavy atom. The van der Waals surface area contributed by atoms with Crippen molar-refractivity contribution in [3.05, 3.63) is 53.0 Å². The number of anilines is 1. The van der Waals surface area contributed by atoms with Crippen molar-refractivity contribution in [2.45, 2.75) is 25.8 Å². The molecule has 128 valence electrons. The molecule has 5 nitrogen and oxygen atoms in total. The lowest BCUT2D eigenvalue weighted by molar-refractivity contribution is 0.0789. The highest BCUT2D eigenvalue weighted by Gasteiger charge is 2.24. The minimum Gasteiger partial charge on any atom is -0.348 e. The van der Waals surface area contributed by atoms with Crippen molar-refractivity contribution in [1.82, 2.24) is 14.9 Å². The van der Waals surface area contributed by atoms with Gasteiger partial charge in [-0.15, -0.1) is 11.3 Å². The Morgan fingerprint density at radius 1 is 1.16 bits per heavy atom. The molecule has 1 amide bonds. The summed E-state index contributed by atoms with van der Waals surface area (Å²) in [5.41, 5.74) is 2.50. The lowest BCUT2D eigenvalue weighted by atomic mass is 10.1. The van der Waals surface area contributed by atoms with Crippen LogP contribution in [0.2, 0.25) is 0 Å². The topological polar surface area (TPSA) is 58.1 Å². The number of hydrogen-bond acceptors (Lipinski definition) is 5. The van der Waals surface area contributed by atoms with Gasteiger partial charge in [0.1, 0.15) is 0 Å². The van der Waals surface area contributed by atoms with Crippen molar-refractivity contribution in [3.8, 4) is 0 Å². The van der Waals surface area contributed by atoms with Crippen LogP contribution in [0.5, 0.6) is 0 Å². The van der Waals surface area contributed by atoms with Gasteiger partial charge in [0.05, 0.1) is 16.3 Å². The first kappa shape index (κ1) is 16.0. The molecule has 1 atom stereocenters. The summed E-state index contributed by atoms with van der Waals surface area (Å²) in [6.45, 7) is 3.70. The minimum atomic E-state index is 0.0164. The molecule has 1 aromatic carbocycles. The molecule has 25 heavy (non-hydrogen) atoms. The molecule has 0 aliphatic carbocycles. The van der Waals surface area contributed by atoms with Gasteiger partial charge in [-0.2, -0.15) is 0 Å². The third kappa shape index (κ3) is 3.22. The van der Waals surface area contributed by atoms with E-state index in [2.05, 4.69) is 34.3 Å². The average Bonchev–Trinajstić information content (AvgIpc) is 3.33. The molecule has 6 heteroatoms. The summed E-state index contributed by atoms with van der Waals surface area (Å²) in [5.74, 6) is 0.521. The monoisotopic (exact) mass is 352 g/mol. The van der Waals surface area contributed by atoms with E-state index in [4.69, 9.17) is 0 Å². The van der Waals surface area contributed by atoms with E-state index in [0.29, 0.717) is 11.6 Å². The van der Waals surface area contributed by atoms with Gasteiger partial charge < -0.3 is 10.2 Å². The van der Waals surface area contributed by atoms with E-state index in [9.17, 15) is 4.79 Å². The van der Waals surface area contributed by atoms with Crippen molar-refractivity contribution in [1.29, 1.82) is 0 Å². The van der Waals surface area contributed by atoms with Gasteiger partial charge in [0.2, 0.25) is 5.95 Å². The van der Waals surface area contributed by atoms with E-state index < -0.39 is 0 Å². The number of aromatic nitrogens is 2. The van der Waals surface area contributed by atoms with Gasteiger partial charge in [-0.3, -0.25) is 4.79 Å². The summed E-state index contributed by atoms with van der Waals surface area (Å²) >= 11 is 1.52. The van der Waals surface area contributed by atoms with Crippen LogP contribution in [0, 0.1) is 0 Å². The van der Waals surface area contributed by atoms with Crippen LogP contribution in [0.15, 0.2) is 41.8 Å². The number of hydrogen-bond donors (Lipinski definition) is 1. The first-order valence-corrected chi connectivity index (χ1v) is 9.46. The zero-order chi connectivity index (χ0) is 17.2. The highest BCUT2D eigenvalue weighted by atomic mass is 32.1. The highest BCUT2D eigenvalue weighted by Crippen LogP contribution is 2.27. The van der Waals surface area contributed by atoms with E-state index in [1.54, 1.807) is 0 Å². The Bertz CT molecular complexity index is 887. The number of likely N-dealkylation sites (tertiary alicyclic amines) is 1. The van der Waals surface area contributed by atoms with Crippen molar-refractivity contribution in [3.63, 3.8) is 0 Å². The molecule has 4 rings (SSSR count). The van der Waals surface area contributed by atoms with Crippen LogP contribution in [0.25, 0.3) is 10.2 Å². The number of thiophene rings is 1. The number of rotatable bonds is 4. The molecule has 0 bridgehead atoms. The van der Waals surface area contributed by atoms with E-state index in [-0.39, 0.29) is 11.9 Å². The van der Waals surface area contributed by atoms with Crippen LogP contribution in [-0.2, 0) is 0 Å². The maximum Gasteiger partial charge on any atom is 0.274 e. The van der Waals surface area contributed by atoms with Crippen molar-refractivity contribution in [2.75, 3.05) is 18.4 Å². The summed E-state index contributed by atoms with van der Waals surface area (Å²) in [4.78, 5) is 23.9. The third-order valence-corrected chi connectivity index (χ3v) is 5.45. The van der Waals surface area contributed by atoms with Crippen molar-refractivity contribution in [2.24, 2.45) is 0 Å². The summed E-state index contributed by atoms with van der Waals surface area (Å²) in [6, 6.07) is 12.2. The maximum absolute atomic E-state index is 12.9. The maximum atomic E-state index is 12.9. The zero-order valence-corrected chi connectivity index (χ0v) is 14.9. The summed E-state index contributed by atoms with van der Waals surface area (Å²) in [5, 5.41) is 5.30. The first-order chi connectivity index (χ1) is 12.2. The molecule has 3 aromatic rings. The van der Waals surface area contributed by atoms with Gasteiger partial charge in [-0.25, -0.2) is 9.97 Å². The number of fused-ring (bicyclic) bond motifs is 1. The van der Waals surface area contributed by atoms with Gasteiger partial charge >= 0.3 is 0 Å². The van der Waals surface area contributed by atoms with E-state index in [1.165, 1.54) is 11.3 Å². The molecule has 1 unspecified atom stereocenters. The largest absolute Gasteiger partial charge is 0.348 e. The smallest absolute Gasteiger partial charge is 0.274 e. The number of amides is 1. The van der Waals surface area contributed by atoms with Gasteiger partial charge in [-0.05, 0) is 36.8 Å². The number of nitrogens with zero attached hydrogens (tertiary/aromatic N) is 3. The van der Waals surface area contributed by atoms with Crippen LogP contribution in [-0.4, -0.2) is 33.9 Å². The lowest BCUT2D eigenvalue weighted by Crippen LogP contribution is -2.28. The summed E-state index contributed by atoms with van der Waals surface area (Å²) in [7, 11) is 0. The fourth-order valence-corrected chi connectivity index (χ4v) is 3.97. The summed E-state index contributed by atoms with van der Waals surface area (Å²) in [6.07, 6.45) is 2.14. The van der Waals surface area contributed by atoms with Crippen LogP contribution < -0.4 is 5.32 Å². The van der Waals surface area contributed by atoms with E-state index in [0.717, 1.165) is 41.7 Å². The Kier molecular flexibility index (Phi) is 4.36. The molecule has 0 radical (unpaired) electrons. The second kappa shape index (κ2) is 6.80. The number of nitrogens with one attached hydrogen (secondary N) is 1. The van der Waals surface area contributed by atoms with Gasteiger partial charge in [0.15, 0.2) is 5.69 Å². The zero-order valence-electron chi connectivity index (χ0n) is 14.1. The summed E-state index contributed by atoms with van der Waals surface area (Å²) < 4.78 is 0.870. The van der Waals surface area contributed by atoms with Gasteiger partial charge in [0.25, 0.3) is 5.91 Å². The fraction of sp³-hybridized carbons (Fsp3) is 0.316. The second-order valence-corrected chi connectivity index (χ2v) is 7.22. The normalized spacial score (nSPS) is 15.5. The quantitative estimate of drug-likeness (QED) is 0.768. The number of carbonyl (C=O) groups is 1. The molecule has 0 saturated carbocycles. The van der Waals surface area contributed by atoms with Crippen molar-refractivity contribution < 1.29 is 4.79 Å². The SMILES string of the molecule is CC(Nc1nc(C(=O)N2CCCC2)c2sccc2n1)c1ccccc1. The molecule has 1 saturated heterocycles. The first-order valence-electron chi connectivity index (χ1n) is 8.58. The van der Waals surface area contributed by atoms with Gasteiger partial charge in [-0.1, -0.05) is 30.3 Å². The second-order valence-electron chi connectivity index (χ2n) is 6.31. The molecular formula is C19H20N4OS. The predicted molar refractivity (Wildman–Crippen MR) is 101 cm³/mol. The van der Waals surface area contributed by atoms with E-state index >= 15 is 0 Å². The van der Waals surface area contributed by atoms with Gasteiger partial charge in [0, 0.05) is 13.1 Å². The lowest BCUT2D eigenvalue weighted by Gasteiger charge is -2.17. The predicted octanol–water partition coefficient (Wildman–Crippen LogP) is 4.10. The molecule has 1 N–H and O–H groups in total.